The molecule has 0 aromatic heterocycles. The Hall–Kier alpha value is -2.69. The maximum atomic E-state index is 11.6. The summed E-state index contributed by atoms with van der Waals surface area (Å²) in [7, 11) is 0. The Kier molecular flexibility index (Phi) is 8.92. The van der Waals surface area contributed by atoms with E-state index in [1.54, 1.807) is 0 Å². The van der Waals surface area contributed by atoms with Gasteiger partial charge in [0.2, 0.25) is 23.6 Å². The lowest BCUT2D eigenvalue weighted by molar-refractivity contribution is -0.137. The van der Waals surface area contributed by atoms with Gasteiger partial charge in [-0.05, 0) is 6.92 Å². The van der Waals surface area contributed by atoms with Gasteiger partial charge in [-0.1, -0.05) is 0 Å². The van der Waals surface area contributed by atoms with Crippen molar-refractivity contribution in [2.75, 3.05) is 19.6 Å². The normalized spacial score (nSPS) is 12.5. The fourth-order valence-electron chi connectivity index (χ4n) is 1.36. The highest BCUT2D eigenvalue weighted by Gasteiger charge is 2.18. The van der Waals surface area contributed by atoms with Crippen molar-refractivity contribution >= 4 is 29.6 Å². The van der Waals surface area contributed by atoms with Crippen LogP contribution in [0, 0.1) is 0 Å². The van der Waals surface area contributed by atoms with Gasteiger partial charge in [-0.15, -0.1) is 0 Å². The fraction of sp³-hybridized carbons (Fsp3) is 0.583. The van der Waals surface area contributed by atoms with Gasteiger partial charge in [-0.2, -0.15) is 0 Å². The van der Waals surface area contributed by atoms with Crippen molar-refractivity contribution in [3.63, 3.8) is 0 Å². The number of amides is 4. The van der Waals surface area contributed by atoms with E-state index in [0.717, 1.165) is 0 Å². The first kappa shape index (κ1) is 20.3. The van der Waals surface area contributed by atoms with E-state index in [2.05, 4.69) is 21.3 Å². The molecule has 0 spiro atoms. The van der Waals surface area contributed by atoms with Crippen molar-refractivity contribution in [1.82, 2.24) is 21.3 Å². The van der Waals surface area contributed by atoms with Crippen LogP contribution in [0.3, 0.4) is 0 Å². The number of hydrogen-bond acceptors (Lipinski definition) is 6. The minimum absolute atomic E-state index is 0.189. The summed E-state index contributed by atoms with van der Waals surface area (Å²) >= 11 is 0. The van der Waals surface area contributed by atoms with E-state index in [4.69, 9.17) is 10.8 Å². The summed E-state index contributed by atoms with van der Waals surface area (Å²) in [5, 5.41) is 17.4. The second kappa shape index (κ2) is 10.1. The number of aliphatic carboxylic acids is 1. The minimum atomic E-state index is -1.21. The maximum absolute atomic E-state index is 11.6. The highest BCUT2D eigenvalue weighted by atomic mass is 16.4. The number of carboxylic acids is 1. The molecule has 0 aliphatic rings. The van der Waals surface area contributed by atoms with Gasteiger partial charge in [-0.25, -0.2) is 0 Å². The van der Waals surface area contributed by atoms with Crippen LogP contribution in [-0.2, 0) is 24.0 Å². The van der Waals surface area contributed by atoms with Crippen LogP contribution in [0.25, 0.3) is 0 Å². The predicted molar refractivity (Wildman–Crippen MR) is 77.9 cm³/mol. The summed E-state index contributed by atoms with van der Waals surface area (Å²) in [6, 6.07) is -1.87. The molecule has 0 fully saturated rings. The van der Waals surface area contributed by atoms with E-state index in [1.165, 1.54) is 13.8 Å². The number of hydrogen-bond donors (Lipinski definition) is 6. The summed E-state index contributed by atoms with van der Waals surface area (Å²) in [6.07, 6.45) is 0. The molecule has 2 atom stereocenters. The Bertz CT molecular complexity index is 481. The summed E-state index contributed by atoms with van der Waals surface area (Å²) < 4.78 is 0. The third-order valence-corrected chi connectivity index (χ3v) is 2.51. The second-order valence-corrected chi connectivity index (χ2v) is 4.66. The quantitative estimate of drug-likeness (QED) is 0.251. The number of carbonyl (C=O) groups excluding carboxylic acids is 4. The number of carboxylic acid groups (broad SMARTS) is 1. The first-order valence-corrected chi connectivity index (χ1v) is 6.70. The lowest BCUT2D eigenvalue weighted by atomic mass is 10.2. The molecule has 0 aliphatic heterocycles. The van der Waals surface area contributed by atoms with Gasteiger partial charge in [0, 0.05) is 13.5 Å². The van der Waals surface area contributed by atoms with E-state index in [-0.39, 0.29) is 12.5 Å². The van der Waals surface area contributed by atoms with Crippen molar-refractivity contribution in [2.45, 2.75) is 25.9 Å². The summed E-state index contributed by atoms with van der Waals surface area (Å²) in [4.78, 5) is 55.4. The Labute approximate surface area is 132 Å². The van der Waals surface area contributed by atoms with Crippen molar-refractivity contribution < 1.29 is 29.1 Å². The molecule has 0 bridgehead atoms. The van der Waals surface area contributed by atoms with Crippen LogP contribution in [0.5, 0.6) is 0 Å². The molecular weight excluding hydrogens is 310 g/mol. The first-order valence-electron chi connectivity index (χ1n) is 6.70. The van der Waals surface area contributed by atoms with E-state index in [1.807, 2.05) is 0 Å². The van der Waals surface area contributed by atoms with Gasteiger partial charge in [0.15, 0.2) is 0 Å². The second-order valence-electron chi connectivity index (χ2n) is 4.66. The van der Waals surface area contributed by atoms with Crippen molar-refractivity contribution in [3.05, 3.63) is 0 Å². The summed E-state index contributed by atoms with van der Waals surface area (Å²) in [5.74, 6) is -3.47. The van der Waals surface area contributed by atoms with Crippen LogP contribution in [0.15, 0.2) is 0 Å². The van der Waals surface area contributed by atoms with E-state index in [0.29, 0.717) is 0 Å². The van der Waals surface area contributed by atoms with E-state index >= 15 is 0 Å². The topological polar surface area (TPSA) is 180 Å². The third-order valence-electron chi connectivity index (χ3n) is 2.51. The Morgan fingerprint density at radius 1 is 1.00 bits per heavy atom. The van der Waals surface area contributed by atoms with Gasteiger partial charge in [0.05, 0.1) is 6.54 Å². The standard InChI is InChI=1S/C12H21N5O6/c1-6(17-7(2)18)11(22)15-3-8(13)12(23)16-4-9(19)14-5-10(20)21/h6,8H,3-5,13H2,1-2H3,(H,14,19)(H,15,22)(H,16,23)(H,17,18)(H,20,21)/t6-,8-/m0/s1. The van der Waals surface area contributed by atoms with Gasteiger partial charge < -0.3 is 32.1 Å². The van der Waals surface area contributed by atoms with Crippen LogP contribution in [0.1, 0.15) is 13.8 Å². The lowest BCUT2D eigenvalue weighted by Crippen LogP contribution is -2.52. The molecule has 0 radical (unpaired) electrons. The van der Waals surface area contributed by atoms with Crippen LogP contribution >= 0.6 is 0 Å². The molecule has 0 unspecified atom stereocenters. The SMILES string of the molecule is CC(=O)N[C@@H](C)C(=O)NC[C@H](N)C(=O)NCC(=O)NCC(=O)O. The monoisotopic (exact) mass is 331 g/mol. The molecule has 7 N–H and O–H groups in total. The summed E-state index contributed by atoms with van der Waals surface area (Å²) in [6.45, 7) is 1.55. The van der Waals surface area contributed by atoms with Crippen LogP contribution in [-0.4, -0.2) is 66.4 Å². The highest BCUT2D eigenvalue weighted by molar-refractivity contribution is 5.90. The van der Waals surface area contributed by atoms with Gasteiger partial charge in [-0.3, -0.25) is 24.0 Å². The van der Waals surface area contributed by atoms with E-state index < -0.39 is 48.9 Å². The first-order chi connectivity index (χ1) is 10.6. The van der Waals surface area contributed by atoms with Gasteiger partial charge in [0.25, 0.3) is 0 Å². The number of nitrogens with two attached hydrogens (primary N) is 1. The molecule has 0 heterocycles. The Morgan fingerprint density at radius 3 is 2.13 bits per heavy atom. The number of rotatable bonds is 9. The van der Waals surface area contributed by atoms with Crippen molar-refractivity contribution in [3.8, 4) is 0 Å². The molecule has 0 saturated heterocycles. The zero-order valence-corrected chi connectivity index (χ0v) is 12.8. The highest BCUT2D eigenvalue weighted by Crippen LogP contribution is 1.84. The molecule has 23 heavy (non-hydrogen) atoms. The summed E-state index contributed by atoms with van der Waals surface area (Å²) in [5.41, 5.74) is 5.54. The molecule has 11 heteroatoms. The Morgan fingerprint density at radius 2 is 1.61 bits per heavy atom. The fourth-order valence-corrected chi connectivity index (χ4v) is 1.36. The molecule has 11 nitrogen and oxygen atoms in total. The van der Waals surface area contributed by atoms with Gasteiger partial charge >= 0.3 is 5.97 Å². The Balaban J connectivity index is 4.06. The van der Waals surface area contributed by atoms with Gasteiger partial charge in [0.1, 0.15) is 18.6 Å². The molecule has 0 rings (SSSR count). The zero-order valence-electron chi connectivity index (χ0n) is 12.8. The van der Waals surface area contributed by atoms with Crippen molar-refractivity contribution in [1.29, 1.82) is 0 Å². The van der Waals surface area contributed by atoms with Crippen LogP contribution in [0.2, 0.25) is 0 Å². The van der Waals surface area contributed by atoms with Crippen molar-refractivity contribution in [2.24, 2.45) is 5.73 Å². The average Bonchev–Trinajstić information content (AvgIpc) is 2.46. The average molecular weight is 331 g/mol. The van der Waals surface area contributed by atoms with E-state index in [9.17, 15) is 24.0 Å². The molecule has 4 amide bonds. The lowest BCUT2D eigenvalue weighted by Gasteiger charge is -2.16. The number of nitrogens with one attached hydrogen (secondary N) is 4. The molecule has 0 aromatic rings. The molecule has 130 valence electrons. The molecule has 0 aliphatic carbocycles. The molecular formula is C12H21N5O6. The largest absolute Gasteiger partial charge is 0.480 e. The van der Waals surface area contributed by atoms with Crippen LogP contribution < -0.4 is 27.0 Å². The molecule has 0 aromatic carbocycles. The maximum Gasteiger partial charge on any atom is 0.322 e. The predicted octanol–water partition coefficient (Wildman–Crippen LogP) is -3.73. The van der Waals surface area contributed by atoms with Crippen LogP contribution in [0.4, 0.5) is 0 Å². The zero-order chi connectivity index (χ0) is 18.0. The minimum Gasteiger partial charge on any atom is -0.480 e. The third kappa shape index (κ3) is 9.79. The molecule has 0 saturated carbocycles. The smallest absolute Gasteiger partial charge is 0.322 e. The number of carbonyl (C=O) groups is 5.